The number of nitrogens with zero attached hydrogens (tertiary/aromatic N) is 4. The monoisotopic (exact) mass is 575 g/mol. The molecule has 1 aliphatic rings. The number of rotatable bonds is 7. The van der Waals surface area contributed by atoms with Crippen molar-refractivity contribution in [3.63, 3.8) is 0 Å². The third kappa shape index (κ3) is 5.09. The molecule has 6 aromatic heterocycles. The first-order valence-electron chi connectivity index (χ1n) is 14.2. The molecule has 0 aromatic carbocycles. The van der Waals surface area contributed by atoms with Gasteiger partial charge in [-0.15, -0.1) is 11.3 Å². The van der Waals surface area contributed by atoms with Gasteiger partial charge < -0.3 is 10.3 Å². The molecule has 6 aromatic rings. The summed E-state index contributed by atoms with van der Waals surface area (Å²) in [6.45, 7) is 1.57. The van der Waals surface area contributed by atoms with Crippen LogP contribution in [0.4, 0.5) is 5.69 Å². The molecule has 10 heteroatoms. The first kappa shape index (κ1) is 26.2. The molecule has 1 fully saturated rings. The minimum Gasteiger partial charge on any atom is -0.353 e. The Hall–Kier alpha value is -4.70. The predicted octanol–water partition coefficient (Wildman–Crippen LogP) is 7.40. The van der Waals surface area contributed by atoms with Crippen molar-refractivity contribution in [2.75, 3.05) is 5.32 Å². The quantitative estimate of drug-likeness (QED) is 0.170. The van der Waals surface area contributed by atoms with Crippen LogP contribution in [0.3, 0.4) is 0 Å². The van der Waals surface area contributed by atoms with Crippen LogP contribution in [-0.2, 0) is 4.79 Å². The topological polar surface area (TPSA) is 129 Å². The predicted molar refractivity (Wildman–Crippen MR) is 165 cm³/mol. The van der Waals surface area contributed by atoms with E-state index in [0.29, 0.717) is 28.6 Å². The molecule has 6 heterocycles. The normalized spacial score (nSPS) is 14.0. The molecule has 1 aliphatic carbocycles. The number of pyridine rings is 3. The van der Waals surface area contributed by atoms with E-state index in [9.17, 15) is 9.59 Å². The minimum absolute atomic E-state index is 0.0362. The molecule has 9 nitrogen and oxygen atoms in total. The van der Waals surface area contributed by atoms with Crippen molar-refractivity contribution in [1.29, 1.82) is 0 Å². The summed E-state index contributed by atoms with van der Waals surface area (Å²) in [5, 5.41) is 11.7. The van der Waals surface area contributed by atoms with Gasteiger partial charge in [-0.3, -0.25) is 24.7 Å². The van der Waals surface area contributed by atoms with Crippen molar-refractivity contribution in [1.82, 2.24) is 30.1 Å². The largest absolute Gasteiger partial charge is 0.353 e. The summed E-state index contributed by atoms with van der Waals surface area (Å²) in [5.74, 6) is 0.549. The number of carbonyl (C=O) groups excluding carboxylic acids is 2. The molecule has 0 aliphatic heterocycles. The second-order valence-corrected chi connectivity index (χ2v) is 12.0. The Balaban J connectivity index is 1.19. The van der Waals surface area contributed by atoms with Crippen LogP contribution in [0.1, 0.15) is 55.1 Å². The van der Waals surface area contributed by atoms with Crippen LogP contribution < -0.4 is 5.32 Å². The Morgan fingerprint density at radius 3 is 2.71 bits per heavy atom. The Labute approximate surface area is 245 Å². The smallest absolute Gasteiger partial charge is 0.224 e. The lowest BCUT2D eigenvalue weighted by Crippen LogP contribution is -2.18. The van der Waals surface area contributed by atoms with Gasteiger partial charge in [-0.1, -0.05) is 19.3 Å². The van der Waals surface area contributed by atoms with Crippen LogP contribution in [0.2, 0.25) is 0 Å². The number of anilines is 1. The molecular weight excluding hydrogens is 546 g/mol. The van der Waals surface area contributed by atoms with Crippen molar-refractivity contribution in [3.8, 4) is 33.2 Å². The Kier molecular flexibility index (Phi) is 6.83. The number of H-pyrrole nitrogens is 2. The highest BCUT2D eigenvalue weighted by atomic mass is 32.1. The van der Waals surface area contributed by atoms with Crippen molar-refractivity contribution in [3.05, 3.63) is 65.9 Å². The van der Waals surface area contributed by atoms with Gasteiger partial charge in [-0.05, 0) is 68.1 Å². The number of Topliss-reactive ketones (excluding diaryl/α,β-unsaturated/α-hetero) is 1. The van der Waals surface area contributed by atoms with Gasteiger partial charge in [0, 0.05) is 35.3 Å². The van der Waals surface area contributed by atoms with Crippen molar-refractivity contribution in [2.24, 2.45) is 5.92 Å². The molecule has 3 N–H and O–H groups in total. The second kappa shape index (κ2) is 10.9. The van der Waals surface area contributed by atoms with E-state index >= 15 is 0 Å². The van der Waals surface area contributed by atoms with E-state index in [4.69, 9.17) is 4.98 Å². The fourth-order valence-electron chi connectivity index (χ4n) is 5.79. The summed E-state index contributed by atoms with van der Waals surface area (Å²) in [4.78, 5) is 43.6. The molecular formula is C32H29N7O2S. The lowest BCUT2D eigenvalue weighted by atomic mass is 9.87. The zero-order valence-electron chi connectivity index (χ0n) is 23.1. The van der Waals surface area contributed by atoms with Gasteiger partial charge in [0.1, 0.15) is 11.2 Å². The number of aromatic nitrogens is 6. The Bertz CT molecular complexity index is 1950. The highest BCUT2D eigenvalue weighted by Crippen LogP contribution is 2.36. The number of hydrogen-bond acceptors (Lipinski definition) is 7. The van der Waals surface area contributed by atoms with E-state index < -0.39 is 0 Å². The fourth-order valence-corrected chi connectivity index (χ4v) is 6.71. The second-order valence-electron chi connectivity index (χ2n) is 10.9. The molecule has 0 atom stereocenters. The molecule has 210 valence electrons. The van der Waals surface area contributed by atoms with E-state index in [2.05, 4.69) is 30.5 Å². The van der Waals surface area contributed by atoms with Crippen LogP contribution in [0.25, 0.3) is 55.2 Å². The van der Waals surface area contributed by atoms with E-state index in [0.717, 1.165) is 62.3 Å². The molecule has 0 bridgehead atoms. The van der Waals surface area contributed by atoms with Crippen LogP contribution >= 0.6 is 11.3 Å². The zero-order valence-corrected chi connectivity index (χ0v) is 23.9. The summed E-state index contributed by atoms with van der Waals surface area (Å²) in [6, 6.07) is 13.5. The highest BCUT2D eigenvalue weighted by molar-refractivity contribution is 7.17. The van der Waals surface area contributed by atoms with E-state index in [1.807, 2.05) is 42.5 Å². The number of nitrogens with one attached hydrogen (secondary N) is 3. The molecule has 7 rings (SSSR count). The van der Waals surface area contributed by atoms with Gasteiger partial charge in [-0.2, -0.15) is 5.10 Å². The van der Waals surface area contributed by atoms with Gasteiger partial charge in [0.2, 0.25) is 5.91 Å². The summed E-state index contributed by atoms with van der Waals surface area (Å²) in [6.07, 6.45) is 11.7. The molecule has 42 heavy (non-hydrogen) atoms. The van der Waals surface area contributed by atoms with Gasteiger partial charge in [0.05, 0.1) is 44.2 Å². The minimum atomic E-state index is 0.0362. The van der Waals surface area contributed by atoms with Crippen molar-refractivity contribution in [2.45, 2.75) is 45.4 Å². The lowest BCUT2D eigenvalue weighted by Gasteiger charge is -2.20. The summed E-state index contributed by atoms with van der Waals surface area (Å²) in [7, 11) is 0. The molecule has 1 saturated carbocycles. The molecule has 0 radical (unpaired) electrons. The summed E-state index contributed by atoms with van der Waals surface area (Å²) >= 11 is 1.44. The zero-order chi connectivity index (χ0) is 28.6. The number of hydrogen-bond donors (Lipinski definition) is 3. The van der Waals surface area contributed by atoms with E-state index in [1.54, 1.807) is 25.5 Å². The van der Waals surface area contributed by atoms with Gasteiger partial charge in [0.25, 0.3) is 0 Å². The Morgan fingerprint density at radius 2 is 1.88 bits per heavy atom. The number of aromatic amines is 2. The van der Waals surface area contributed by atoms with Crippen LogP contribution in [0.5, 0.6) is 0 Å². The maximum atomic E-state index is 12.7. The number of carbonyl (C=O) groups is 2. The van der Waals surface area contributed by atoms with E-state index in [-0.39, 0.29) is 11.7 Å². The first-order chi connectivity index (χ1) is 20.5. The third-order valence-corrected chi connectivity index (χ3v) is 9.11. The maximum Gasteiger partial charge on any atom is 0.224 e. The maximum absolute atomic E-state index is 12.7. The van der Waals surface area contributed by atoms with Gasteiger partial charge in [0.15, 0.2) is 5.78 Å². The fraction of sp³-hybridized carbons (Fsp3) is 0.250. The highest BCUT2D eigenvalue weighted by Gasteiger charge is 2.19. The number of fused-ring (bicyclic) bond motifs is 2. The summed E-state index contributed by atoms with van der Waals surface area (Å²) < 4.78 is 0. The average Bonchev–Trinajstić information content (AvgIpc) is 3.75. The SMILES string of the molecule is CC(=O)c1ccc(-c2nccc3[nH]c(-c4n[nH]c5ccc(-c6cncc(NC(=O)CC7CCCCC7)c6)nc45)cc23)s1. The van der Waals surface area contributed by atoms with Crippen molar-refractivity contribution >= 4 is 50.7 Å². The summed E-state index contributed by atoms with van der Waals surface area (Å²) in [5.41, 5.74) is 6.96. The molecule has 1 amide bonds. The lowest BCUT2D eigenvalue weighted by molar-refractivity contribution is -0.117. The van der Waals surface area contributed by atoms with Crippen LogP contribution in [0, 0.1) is 5.92 Å². The Morgan fingerprint density at radius 1 is 1.00 bits per heavy atom. The first-order valence-corrected chi connectivity index (χ1v) is 15.0. The molecule has 0 spiro atoms. The van der Waals surface area contributed by atoms with Crippen molar-refractivity contribution < 1.29 is 9.59 Å². The van der Waals surface area contributed by atoms with Crippen LogP contribution in [0.15, 0.2) is 61.1 Å². The van der Waals surface area contributed by atoms with Gasteiger partial charge >= 0.3 is 0 Å². The number of thiophene rings is 1. The van der Waals surface area contributed by atoms with E-state index in [1.165, 1.54) is 30.6 Å². The standard InChI is InChI=1S/C32H29N7O2S/c1-18(40)27-9-10-28(42-27)30-22-15-26(36-24(22)11-12-34-30)32-31-25(38-39-32)8-7-23(37-31)20-14-21(17-33-16-20)35-29(41)13-19-5-3-2-4-6-19/h7-12,14-17,19,36H,2-6,13H2,1H3,(H,35,41)(H,38,39). The third-order valence-electron chi connectivity index (χ3n) is 7.91. The molecule has 0 unspecified atom stereocenters. The molecule has 0 saturated heterocycles. The van der Waals surface area contributed by atoms with Gasteiger partial charge in [-0.25, -0.2) is 4.98 Å². The average molecular weight is 576 g/mol. The number of amides is 1. The van der Waals surface area contributed by atoms with Crippen LogP contribution in [-0.4, -0.2) is 41.8 Å². The number of ketones is 1.